The van der Waals surface area contributed by atoms with Crippen molar-refractivity contribution in [1.29, 1.82) is 0 Å². The normalized spacial score (nSPS) is 11.5. The van der Waals surface area contributed by atoms with Gasteiger partial charge >= 0.3 is 11.9 Å². The maximum atomic E-state index is 12.4. The van der Waals surface area contributed by atoms with Gasteiger partial charge in [0.1, 0.15) is 5.82 Å². The van der Waals surface area contributed by atoms with Gasteiger partial charge in [-0.25, -0.2) is 9.78 Å². The molecule has 7 heteroatoms. The standard InChI is InChI=1S/C22H30N2O4S/c1-4-7-10-20-23-18(16-24(20)12-11-21(25)27-5-2)14-17(22(26)28-6-3)15-19-9-8-13-29-19/h8-9,13-14,16H,4-7,10-12,15H2,1-3H3/b17-14+. The van der Waals surface area contributed by atoms with E-state index in [1.54, 1.807) is 31.3 Å². The zero-order chi connectivity index (χ0) is 21.1. The summed E-state index contributed by atoms with van der Waals surface area (Å²) in [7, 11) is 0. The first-order valence-corrected chi connectivity index (χ1v) is 11.1. The Balaban J connectivity index is 2.25. The number of aromatic nitrogens is 2. The number of carbonyl (C=O) groups excluding carboxylic acids is 2. The Morgan fingerprint density at radius 3 is 2.66 bits per heavy atom. The molecule has 0 aliphatic carbocycles. The Labute approximate surface area is 176 Å². The maximum absolute atomic E-state index is 12.4. The van der Waals surface area contributed by atoms with Crippen LogP contribution in [0, 0.1) is 0 Å². The van der Waals surface area contributed by atoms with E-state index in [0.717, 1.165) is 30.0 Å². The quantitative estimate of drug-likeness (QED) is 0.377. The van der Waals surface area contributed by atoms with Crippen LogP contribution < -0.4 is 0 Å². The highest BCUT2D eigenvalue weighted by Crippen LogP contribution is 2.19. The molecule has 0 saturated carbocycles. The van der Waals surface area contributed by atoms with Crippen LogP contribution in [0.3, 0.4) is 0 Å². The second-order valence-corrected chi connectivity index (χ2v) is 7.61. The number of rotatable bonds is 12. The Hall–Kier alpha value is -2.41. The van der Waals surface area contributed by atoms with E-state index in [4.69, 9.17) is 14.5 Å². The average molecular weight is 419 g/mol. The van der Waals surface area contributed by atoms with E-state index in [9.17, 15) is 9.59 Å². The predicted octanol–water partition coefficient (Wildman–Crippen LogP) is 4.43. The summed E-state index contributed by atoms with van der Waals surface area (Å²) < 4.78 is 12.3. The fourth-order valence-electron chi connectivity index (χ4n) is 2.90. The largest absolute Gasteiger partial charge is 0.466 e. The van der Waals surface area contributed by atoms with E-state index in [1.807, 2.05) is 28.3 Å². The molecule has 6 nitrogen and oxygen atoms in total. The smallest absolute Gasteiger partial charge is 0.334 e. The zero-order valence-corrected chi connectivity index (χ0v) is 18.3. The van der Waals surface area contributed by atoms with Crippen LogP contribution in [-0.2, 0) is 38.4 Å². The molecule has 0 bridgehead atoms. The van der Waals surface area contributed by atoms with Gasteiger partial charge in [-0.1, -0.05) is 19.4 Å². The number of esters is 2. The first kappa shape index (κ1) is 22.9. The molecule has 0 saturated heterocycles. The van der Waals surface area contributed by atoms with E-state index in [0.29, 0.717) is 43.9 Å². The van der Waals surface area contributed by atoms with E-state index < -0.39 is 0 Å². The summed E-state index contributed by atoms with van der Waals surface area (Å²) in [5.74, 6) is 0.378. The highest BCUT2D eigenvalue weighted by Gasteiger charge is 2.15. The van der Waals surface area contributed by atoms with Crippen molar-refractivity contribution in [2.24, 2.45) is 0 Å². The van der Waals surface area contributed by atoms with Crippen LogP contribution in [0.25, 0.3) is 6.08 Å². The topological polar surface area (TPSA) is 70.4 Å². The molecule has 0 aliphatic heterocycles. The lowest BCUT2D eigenvalue weighted by Crippen LogP contribution is -2.10. The Morgan fingerprint density at radius 2 is 2.00 bits per heavy atom. The van der Waals surface area contributed by atoms with Gasteiger partial charge in [0.2, 0.25) is 0 Å². The van der Waals surface area contributed by atoms with Crippen LogP contribution in [0.4, 0.5) is 0 Å². The minimum absolute atomic E-state index is 0.218. The predicted molar refractivity (Wildman–Crippen MR) is 115 cm³/mol. The van der Waals surface area contributed by atoms with Gasteiger partial charge in [0.05, 0.1) is 25.3 Å². The molecule has 2 heterocycles. The monoisotopic (exact) mass is 418 g/mol. The van der Waals surface area contributed by atoms with Crippen LogP contribution in [0.2, 0.25) is 0 Å². The number of aryl methyl sites for hydroxylation is 2. The third kappa shape index (κ3) is 7.49. The fourth-order valence-corrected chi connectivity index (χ4v) is 3.63. The molecule has 0 radical (unpaired) electrons. The van der Waals surface area contributed by atoms with Gasteiger partial charge in [-0.15, -0.1) is 11.3 Å². The van der Waals surface area contributed by atoms with Crippen molar-refractivity contribution >= 4 is 29.4 Å². The minimum atomic E-state index is -0.322. The van der Waals surface area contributed by atoms with Crippen LogP contribution in [0.15, 0.2) is 29.3 Å². The summed E-state index contributed by atoms with van der Waals surface area (Å²) in [6.07, 6.45) is 7.41. The Kier molecular flexibility index (Phi) is 9.64. The zero-order valence-electron chi connectivity index (χ0n) is 17.5. The van der Waals surface area contributed by atoms with E-state index in [2.05, 4.69) is 6.92 Å². The summed E-state index contributed by atoms with van der Waals surface area (Å²) in [4.78, 5) is 30.0. The third-order valence-corrected chi connectivity index (χ3v) is 5.17. The second-order valence-electron chi connectivity index (χ2n) is 6.58. The molecule has 0 amide bonds. The van der Waals surface area contributed by atoms with Crippen molar-refractivity contribution in [3.63, 3.8) is 0 Å². The molecular formula is C22H30N2O4S. The first-order chi connectivity index (χ1) is 14.1. The van der Waals surface area contributed by atoms with E-state index in [-0.39, 0.29) is 11.9 Å². The average Bonchev–Trinajstić information content (AvgIpc) is 3.34. The van der Waals surface area contributed by atoms with Crippen LogP contribution in [0.5, 0.6) is 0 Å². The molecule has 2 rings (SSSR count). The van der Waals surface area contributed by atoms with Crippen molar-refractivity contribution in [2.75, 3.05) is 13.2 Å². The van der Waals surface area contributed by atoms with Gasteiger partial charge in [0.25, 0.3) is 0 Å². The summed E-state index contributed by atoms with van der Waals surface area (Å²) in [6, 6.07) is 3.97. The van der Waals surface area contributed by atoms with Gasteiger partial charge in [-0.3, -0.25) is 4.79 Å². The molecule has 0 N–H and O–H groups in total. The number of imidazole rings is 1. The van der Waals surface area contributed by atoms with Gasteiger partial charge < -0.3 is 14.0 Å². The van der Waals surface area contributed by atoms with Crippen LogP contribution in [0.1, 0.15) is 56.4 Å². The van der Waals surface area contributed by atoms with E-state index >= 15 is 0 Å². The highest BCUT2D eigenvalue weighted by atomic mass is 32.1. The van der Waals surface area contributed by atoms with Crippen molar-refractivity contribution < 1.29 is 19.1 Å². The number of carbonyl (C=O) groups is 2. The number of unbranched alkanes of at least 4 members (excludes halogenated alkanes) is 1. The lowest BCUT2D eigenvalue weighted by atomic mass is 10.1. The highest BCUT2D eigenvalue weighted by molar-refractivity contribution is 7.09. The second kappa shape index (κ2) is 12.2. The molecule has 0 atom stereocenters. The Morgan fingerprint density at radius 1 is 1.21 bits per heavy atom. The van der Waals surface area contributed by atoms with Gasteiger partial charge in [-0.2, -0.15) is 0 Å². The van der Waals surface area contributed by atoms with Crippen molar-refractivity contribution in [3.05, 3.63) is 45.7 Å². The Bertz CT molecular complexity index is 809. The third-order valence-electron chi connectivity index (χ3n) is 4.30. The molecule has 2 aromatic rings. The molecule has 2 aromatic heterocycles. The lowest BCUT2D eigenvalue weighted by molar-refractivity contribution is -0.143. The molecule has 158 valence electrons. The number of thiophene rings is 1. The summed E-state index contributed by atoms with van der Waals surface area (Å²) in [5, 5.41) is 1.99. The van der Waals surface area contributed by atoms with Crippen molar-refractivity contribution in [3.8, 4) is 0 Å². The lowest BCUT2D eigenvalue weighted by Gasteiger charge is -2.06. The molecule has 0 aromatic carbocycles. The molecule has 0 fully saturated rings. The maximum Gasteiger partial charge on any atom is 0.334 e. The molecule has 29 heavy (non-hydrogen) atoms. The molecule has 0 spiro atoms. The fraction of sp³-hybridized carbons (Fsp3) is 0.500. The first-order valence-electron chi connectivity index (χ1n) is 10.2. The molecule has 0 aliphatic rings. The number of ether oxygens (including phenoxy) is 2. The summed E-state index contributed by atoms with van der Waals surface area (Å²) in [5.41, 5.74) is 1.28. The number of nitrogens with zero attached hydrogens (tertiary/aromatic N) is 2. The van der Waals surface area contributed by atoms with Gasteiger partial charge in [0, 0.05) is 36.0 Å². The van der Waals surface area contributed by atoms with Crippen LogP contribution >= 0.6 is 11.3 Å². The van der Waals surface area contributed by atoms with Crippen molar-refractivity contribution in [1.82, 2.24) is 9.55 Å². The summed E-state index contributed by atoms with van der Waals surface area (Å²) in [6.45, 7) is 6.95. The van der Waals surface area contributed by atoms with E-state index in [1.165, 1.54) is 0 Å². The minimum Gasteiger partial charge on any atom is -0.466 e. The van der Waals surface area contributed by atoms with Crippen LogP contribution in [-0.4, -0.2) is 34.7 Å². The number of hydrogen-bond donors (Lipinski definition) is 0. The number of hydrogen-bond acceptors (Lipinski definition) is 6. The molecule has 0 unspecified atom stereocenters. The van der Waals surface area contributed by atoms with Gasteiger partial charge in [-0.05, 0) is 37.8 Å². The summed E-state index contributed by atoms with van der Waals surface area (Å²) >= 11 is 1.61. The van der Waals surface area contributed by atoms with Gasteiger partial charge in [0.15, 0.2) is 0 Å². The SMILES string of the molecule is CCCCc1nc(/C=C(\Cc2cccs2)C(=O)OCC)cn1CCC(=O)OCC. The molecular weight excluding hydrogens is 388 g/mol. The van der Waals surface area contributed by atoms with Crippen molar-refractivity contribution in [2.45, 2.75) is 59.4 Å².